The molecular weight excluding hydrogens is 312 g/mol. The van der Waals surface area contributed by atoms with Gasteiger partial charge < -0.3 is 10.2 Å². The van der Waals surface area contributed by atoms with Gasteiger partial charge in [0.2, 0.25) is 5.91 Å². The van der Waals surface area contributed by atoms with Crippen molar-refractivity contribution in [2.75, 3.05) is 0 Å². The quantitative estimate of drug-likeness (QED) is 0.841. The summed E-state index contributed by atoms with van der Waals surface area (Å²) in [5, 5.41) is 7.38. The number of amides is 1. The molecule has 1 amide bonds. The molecule has 2 unspecified atom stereocenters. The molecule has 2 aromatic rings. The summed E-state index contributed by atoms with van der Waals surface area (Å²) in [6.07, 6.45) is 2.63. The Labute approximate surface area is 148 Å². The van der Waals surface area contributed by atoms with Crippen molar-refractivity contribution in [3.05, 3.63) is 71.8 Å². The van der Waals surface area contributed by atoms with Gasteiger partial charge in [0, 0.05) is 19.3 Å². The van der Waals surface area contributed by atoms with Crippen LogP contribution in [0.5, 0.6) is 0 Å². The van der Waals surface area contributed by atoms with Crippen LogP contribution in [-0.2, 0) is 22.5 Å². The van der Waals surface area contributed by atoms with Gasteiger partial charge in [-0.2, -0.15) is 0 Å². The Balaban J connectivity index is 1.64. The molecule has 1 N–H and O–H groups in total. The topological polar surface area (TPSA) is 50.7 Å². The summed E-state index contributed by atoms with van der Waals surface area (Å²) in [5.74, 6) is 0.0426. The van der Waals surface area contributed by atoms with E-state index in [0.717, 1.165) is 25.0 Å². The molecule has 0 aliphatic carbocycles. The lowest BCUT2D eigenvalue weighted by molar-refractivity contribution is -0.122. The van der Waals surface area contributed by atoms with Crippen LogP contribution in [0.25, 0.3) is 0 Å². The minimum Gasteiger partial charge on any atom is -0.390 e. The molecule has 0 radical (unpaired) electrons. The van der Waals surface area contributed by atoms with Crippen LogP contribution in [0.4, 0.5) is 0 Å². The maximum absolute atomic E-state index is 11.9. The second-order valence-corrected chi connectivity index (χ2v) is 6.39. The predicted octanol–water partition coefficient (Wildman–Crippen LogP) is 3.51. The second-order valence-electron chi connectivity index (χ2n) is 6.39. The number of hydrogen-bond acceptors (Lipinski definition) is 3. The number of carbonyl (C=O) groups is 1. The van der Waals surface area contributed by atoms with E-state index >= 15 is 0 Å². The van der Waals surface area contributed by atoms with E-state index < -0.39 is 0 Å². The van der Waals surface area contributed by atoms with Gasteiger partial charge in [0.15, 0.2) is 6.10 Å². The molecule has 4 nitrogen and oxygen atoms in total. The zero-order valence-corrected chi connectivity index (χ0v) is 14.5. The summed E-state index contributed by atoms with van der Waals surface area (Å²) in [4.78, 5) is 17.6. The Morgan fingerprint density at radius 3 is 2.40 bits per heavy atom. The summed E-state index contributed by atoms with van der Waals surface area (Å²) >= 11 is 0. The molecule has 1 aliphatic rings. The van der Waals surface area contributed by atoms with Crippen LogP contribution in [0.2, 0.25) is 0 Å². The van der Waals surface area contributed by atoms with Gasteiger partial charge in [-0.05, 0) is 17.5 Å². The van der Waals surface area contributed by atoms with Crippen molar-refractivity contribution < 1.29 is 9.63 Å². The van der Waals surface area contributed by atoms with E-state index in [-0.39, 0.29) is 18.1 Å². The number of hydrogen-bond donors (Lipinski definition) is 1. The Hall–Kier alpha value is -2.62. The van der Waals surface area contributed by atoms with Crippen LogP contribution in [-0.4, -0.2) is 23.8 Å². The predicted molar refractivity (Wildman–Crippen MR) is 99.4 cm³/mol. The SMILES string of the molecule is CCC(=O)NC(Cc1ccccc1)C1CC(Cc2ccccc2)=NO1. The summed E-state index contributed by atoms with van der Waals surface area (Å²) in [7, 11) is 0. The first-order valence-corrected chi connectivity index (χ1v) is 8.83. The number of benzene rings is 2. The first-order valence-electron chi connectivity index (χ1n) is 8.83. The van der Waals surface area contributed by atoms with Crippen LogP contribution in [0.3, 0.4) is 0 Å². The minimum absolute atomic E-state index is 0.0426. The second kappa shape index (κ2) is 8.47. The number of oxime groups is 1. The molecule has 0 saturated heterocycles. The molecule has 0 fully saturated rings. The maximum atomic E-state index is 11.9. The number of nitrogens with one attached hydrogen (secondary N) is 1. The van der Waals surface area contributed by atoms with Gasteiger partial charge in [-0.1, -0.05) is 72.7 Å². The molecule has 1 aliphatic heterocycles. The van der Waals surface area contributed by atoms with Crippen LogP contribution in [0, 0.1) is 0 Å². The minimum atomic E-state index is -0.116. The number of rotatable bonds is 7. The molecule has 2 atom stereocenters. The molecule has 0 saturated carbocycles. The van der Waals surface area contributed by atoms with Crippen molar-refractivity contribution in [1.29, 1.82) is 0 Å². The van der Waals surface area contributed by atoms with Crippen molar-refractivity contribution in [3.63, 3.8) is 0 Å². The van der Waals surface area contributed by atoms with Gasteiger partial charge in [0.05, 0.1) is 11.8 Å². The zero-order valence-electron chi connectivity index (χ0n) is 14.5. The van der Waals surface area contributed by atoms with E-state index in [9.17, 15) is 4.79 Å². The summed E-state index contributed by atoms with van der Waals surface area (Å²) in [6, 6.07) is 20.4. The molecule has 2 aromatic carbocycles. The lowest BCUT2D eigenvalue weighted by Crippen LogP contribution is -2.44. The zero-order chi connectivity index (χ0) is 17.5. The third-order valence-electron chi connectivity index (χ3n) is 4.42. The number of carbonyl (C=O) groups excluding carboxylic acids is 1. The fourth-order valence-corrected chi connectivity index (χ4v) is 3.05. The molecule has 0 aromatic heterocycles. The largest absolute Gasteiger partial charge is 0.390 e. The molecule has 1 heterocycles. The lowest BCUT2D eigenvalue weighted by atomic mass is 9.96. The monoisotopic (exact) mass is 336 g/mol. The highest BCUT2D eigenvalue weighted by Crippen LogP contribution is 2.20. The molecule has 130 valence electrons. The van der Waals surface area contributed by atoms with Crippen molar-refractivity contribution in [2.45, 2.75) is 44.8 Å². The fourth-order valence-electron chi connectivity index (χ4n) is 3.05. The van der Waals surface area contributed by atoms with Crippen LogP contribution >= 0.6 is 0 Å². The standard InChI is InChI=1S/C21H24N2O2/c1-2-21(24)22-19(14-17-11-7-4-8-12-17)20-15-18(23-25-20)13-16-9-5-3-6-10-16/h3-12,19-20H,2,13-15H2,1H3,(H,22,24). The van der Waals surface area contributed by atoms with Gasteiger partial charge in [-0.25, -0.2) is 0 Å². The summed E-state index contributed by atoms with van der Waals surface area (Å²) in [6.45, 7) is 1.86. The van der Waals surface area contributed by atoms with E-state index in [0.29, 0.717) is 6.42 Å². The van der Waals surface area contributed by atoms with Crippen molar-refractivity contribution in [1.82, 2.24) is 5.32 Å². The van der Waals surface area contributed by atoms with E-state index in [1.165, 1.54) is 11.1 Å². The first-order chi connectivity index (χ1) is 12.2. The molecule has 4 heteroatoms. The highest BCUT2D eigenvalue weighted by molar-refractivity contribution is 5.87. The Morgan fingerprint density at radius 2 is 1.76 bits per heavy atom. The number of nitrogens with zero attached hydrogens (tertiary/aromatic N) is 1. The average Bonchev–Trinajstić information content (AvgIpc) is 3.11. The first kappa shape index (κ1) is 17.2. The van der Waals surface area contributed by atoms with Gasteiger partial charge in [0.1, 0.15) is 0 Å². The highest BCUT2D eigenvalue weighted by atomic mass is 16.6. The van der Waals surface area contributed by atoms with E-state index in [1.807, 2.05) is 43.3 Å². The van der Waals surface area contributed by atoms with Gasteiger partial charge in [-0.15, -0.1) is 0 Å². The van der Waals surface area contributed by atoms with Gasteiger partial charge >= 0.3 is 0 Å². The molecule has 25 heavy (non-hydrogen) atoms. The Kier molecular flexibility index (Phi) is 5.83. The van der Waals surface area contributed by atoms with E-state index in [1.54, 1.807) is 0 Å². The highest BCUT2D eigenvalue weighted by Gasteiger charge is 2.30. The van der Waals surface area contributed by atoms with Crippen LogP contribution in [0.1, 0.15) is 30.9 Å². The molecule has 3 rings (SSSR count). The smallest absolute Gasteiger partial charge is 0.220 e. The van der Waals surface area contributed by atoms with E-state index in [2.05, 4.69) is 34.7 Å². The molecule has 0 bridgehead atoms. The maximum Gasteiger partial charge on any atom is 0.220 e. The van der Waals surface area contributed by atoms with Crippen LogP contribution < -0.4 is 5.32 Å². The van der Waals surface area contributed by atoms with Crippen molar-refractivity contribution in [2.24, 2.45) is 5.16 Å². The van der Waals surface area contributed by atoms with Crippen molar-refractivity contribution in [3.8, 4) is 0 Å². The normalized spacial score (nSPS) is 17.5. The third-order valence-corrected chi connectivity index (χ3v) is 4.42. The summed E-state index contributed by atoms with van der Waals surface area (Å²) < 4.78 is 0. The Bertz CT molecular complexity index is 713. The average molecular weight is 336 g/mol. The fraction of sp³-hybridized carbons (Fsp3) is 0.333. The third kappa shape index (κ3) is 4.92. The van der Waals surface area contributed by atoms with Crippen LogP contribution in [0.15, 0.2) is 65.8 Å². The lowest BCUT2D eigenvalue weighted by Gasteiger charge is -2.23. The van der Waals surface area contributed by atoms with Gasteiger partial charge in [-0.3, -0.25) is 4.79 Å². The summed E-state index contributed by atoms with van der Waals surface area (Å²) in [5.41, 5.74) is 3.44. The Morgan fingerprint density at radius 1 is 1.12 bits per heavy atom. The molecular formula is C21H24N2O2. The van der Waals surface area contributed by atoms with Crippen molar-refractivity contribution >= 4 is 11.6 Å². The van der Waals surface area contributed by atoms with Gasteiger partial charge in [0.25, 0.3) is 0 Å². The van der Waals surface area contributed by atoms with E-state index in [4.69, 9.17) is 4.84 Å². The molecule has 0 spiro atoms.